The van der Waals surface area contributed by atoms with Gasteiger partial charge in [0.15, 0.2) is 0 Å². The minimum atomic E-state index is 0.273. The molecule has 0 spiro atoms. The topological polar surface area (TPSA) is 37.6 Å². The van der Waals surface area contributed by atoms with E-state index in [1.165, 1.54) is 55.9 Å². The molecule has 5 aromatic rings. The molecule has 2 aliphatic heterocycles. The molecule has 3 heterocycles. The predicted octanol–water partition coefficient (Wildman–Crippen LogP) is 9.91. The van der Waals surface area contributed by atoms with Crippen LogP contribution in [0.4, 0.5) is 5.69 Å². The number of hydrogen-bond acceptors (Lipinski definition) is 3. The first-order valence-corrected chi connectivity index (χ1v) is 15.7. The van der Waals surface area contributed by atoms with E-state index in [1.807, 2.05) is 18.5 Å². The van der Waals surface area contributed by atoms with E-state index in [1.54, 1.807) is 0 Å². The molecule has 3 nitrogen and oxygen atoms in total. The Balaban J connectivity index is 1.05. The number of aryl methyl sites for hydroxylation is 1. The maximum absolute atomic E-state index is 5.30. The molecule has 0 N–H and O–H groups in total. The third kappa shape index (κ3) is 4.07. The second-order valence-corrected chi connectivity index (χ2v) is 12.2. The molecule has 3 atom stereocenters. The number of aromatic nitrogens is 1. The van der Waals surface area contributed by atoms with Gasteiger partial charge in [-0.2, -0.15) is 0 Å². The lowest BCUT2D eigenvalue weighted by Gasteiger charge is -2.41. The van der Waals surface area contributed by atoms with Gasteiger partial charge in [-0.3, -0.25) is 15.0 Å². The van der Waals surface area contributed by atoms with Gasteiger partial charge in [-0.1, -0.05) is 103 Å². The Hall–Kier alpha value is -5.15. The van der Waals surface area contributed by atoms with E-state index in [0.29, 0.717) is 11.8 Å². The average Bonchev–Trinajstić information content (AvgIpc) is 3.11. The standard InChI is InChI=1S/C41H31N3/c1-2-9-32-28(7-1)21-22-35-38(32)34-10-3-4-12-37(34)44-39(35)30-19-15-27(16-20-30)26-13-17-29(18-14-26)36-25-31-8-5-23-42-40(31)41-33(36)11-6-24-43-41/h1-4,6-7,9,11-25,34-35,38H,5,8,10H2. The lowest BCUT2D eigenvalue weighted by molar-refractivity contribution is 0.424. The van der Waals surface area contributed by atoms with Crippen molar-refractivity contribution in [1.29, 1.82) is 0 Å². The van der Waals surface area contributed by atoms with Gasteiger partial charge in [0, 0.05) is 41.2 Å². The van der Waals surface area contributed by atoms with Crippen LogP contribution in [0.2, 0.25) is 0 Å². The average molecular weight is 566 g/mol. The maximum Gasteiger partial charge on any atom is 0.0967 e. The first-order valence-electron chi connectivity index (χ1n) is 15.7. The summed E-state index contributed by atoms with van der Waals surface area (Å²) in [6.07, 6.45) is 18.3. The smallest absolute Gasteiger partial charge is 0.0967 e. The van der Waals surface area contributed by atoms with Crippen LogP contribution in [0.1, 0.15) is 41.0 Å². The Bertz CT molecular complexity index is 2090. The fourth-order valence-corrected chi connectivity index (χ4v) is 7.68. The van der Waals surface area contributed by atoms with Gasteiger partial charge in [0.2, 0.25) is 0 Å². The Morgan fingerprint density at radius 2 is 1.57 bits per heavy atom. The highest BCUT2D eigenvalue weighted by Gasteiger charge is 2.41. The van der Waals surface area contributed by atoms with E-state index in [0.717, 1.165) is 35.9 Å². The molecule has 0 bridgehead atoms. The van der Waals surface area contributed by atoms with E-state index < -0.39 is 0 Å². The molecule has 0 fully saturated rings. The van der Waals surface area contributed by atoms with Crippen LogP contribution in [0.3, 0.4) is 0 Å². The second-order valence-electron chi connectivity index (χ2n) is 12.2. The monoisotopic (exact) mass is 565 g/mol. The lowest BCUT2D eigenvalue weighted by atomic mass is 9.65. The van der Waals surface area contributed by atoms with E-state index >= 15 is 0 Å². The van der Waals surface area contributed by atoms with Crippen LogP contribution in [-0.2, 0) is 6.42 Å². The van der Waals surface area contributed by atoms with E-state index in [2.05, 4.69) is 115 Å². The van der Waals surface area contributed by atoms with Crippen LogP contribution in [0.25, 0.3) is 39.2 Å². The summed E-state index contributed by atoms with van der Waals surface area (Å²) in [5.41, 5.74) is 14.5. The molecule has 0 saturated carbocycles. The Kier molecular flexibility index (Phi) is 5.90. The predicted molar refractivity (Wildman–Crippen MR) is 183 cm³/mol. The molecule has 2 aliphatic carbocycles. The van der Waals surface area contributed by atoms with Crippen molar-refractivity contribution in [1.82, 2.24) is 4.98 Å². The molecule has 3 heteroatoms. The molecule has 9 rings (SSSR count). The largest absolute Gasteiger partial charge is 0.259 e. The summed E-state index contributed by atoms with van der Waals surface area (Å²) in [4.78, 5) is 14.7. The number of pyridine rings is 1. The Morgan fingerprint density at radius 1 is 0.773 bits per heavy atom. The minimum Gasteiger partial charge on any atom is -0.259 e. The number of rotatable bonds is 3. The van der Waals surface area contributed by atoms with Gasteiger partial charge in [-0.15, -0.1) is 0 Å². The number of fused-ring (bicyclic) bond motifs is 8. The molecular formula is C41H31N3. The zero-order valence-electron chi connectivity index (χ0n) is 24.4. The molecule has 210 valence electrons. The lowest BCUT2D eigenvalue weighted by Crippen LogP contribution is -2.35. The van der Waals surface area contributed by atoms with Crippen LogP contribution >= 0.6 is 0 Å². The van der Waals surface area contributed by atoms with E-state index in [9.17, 15) is 0 Å². The molecule has 44 heavy (non-hydrogen) atoms. The number of benzene rings is 4. The van der Waals surface area contributed by atoms with E-state index in [4.69, 9.17) is 15.0 Å². The van der Waals surface area contributed by atoms with Crippen LogP contribution in [0.5, 0.6) is 0 Å². The maximum atomic E-state index is 5.30. The van der Waals surface area contributed by atoms with Crippen LogP contribution in [0, 0.1) is 11.8 Å². The van der Waals surface area contributed by atoms with Crippen LogP contribution < -0.4 is 0 Å². The molecule has 4 aromatic carbocycles. The van der Waals surface area contributed by atoms with Gasteiger partial charge in [0.25, 0.3) is 0 Å². The first-order chi connectivity index (χ1) is 21.8. The Labute approximate surface area is 257 Å². The van der Waals surface area contributed by atoms with Gasteiger partial charge < -0.3 is 0 Å². The number of nitrogens with zero attached hydrogens (tertiary/aromatic N) is 3. The first kappa shape index (κ1) is 25.4. The molecular weight excluding hydrogens is 534 g/mol. The summed E-state index contributed by atoms with van der Waals surface area (Å²) in [6.45, 7) is 0. The molecule has 4 aliphatic rings. The van der Waals surface area contributed by atoms with Gasteiger partial charge in [0.1, 0.15) is 0 Å². The van der Waals surface area contributed by atoms with Gasteiger partial charge in [0.05, 0.1) is 16.9 Å². The summed E-state index contributed by atoms with van der Waals surface area (Å²) < 4.78 is 0. The zero-order chi connectivity index (χ0) is 29.0. The Morgan fingerprint density at radius 3 is 2.43 bits per heavy atom. The third-order valence-electron chi connectivity index (χ3n) is 9.81. The fourth-order valence-electron chi connectivity index (χ4n) is 7.68. The normalized spacial score (nSPS) is 21.1. The number of aliphatic imine (C=N–C) groups is 2. The van der Waals surface area contributed by atoms with Crippen molar-refractivity contribution < 1.29 is 0 Å². The number of allylic oxidation sites excluding steroid dienone is 5. The van der Waals surface area contributed by atoms with Gasteiger partial charge in [-0.05, 0) is 82.0 Å². The highest BCUT2D eigenvalue weighted by atomic mass is 14.8. The second kappa shape index (κ2) is 10.2. The SMILES string of the molecule is C1=CCC2C(=C1)N=C(c1ccc(-c3ccc(-c4cc5c(c6ncccc46)N=CCC5)cc3)cc1)C1C=Cc3ccccc3C12. The molecule has 3 unspecified atom stereocenters. The summed E-state index contributed by atoms with van der Waals surface area (Å²) >= 11 is 0. The summed E-state index contributed by atoms with van der Waals surface area (Å²) in [7, 11) is 0. The highest BCUT2D eigenvalue weighted by molar-refractivity contribution is 6.06. The third-order valence-corrected chi connectivity index (χ3v) is 9.81. The van der Waals surface area contributed by atoms with Crippen molar-refractivity contribution in [2.75, 3.05) is 0 Å². The summed E-state index contributed by atoms with van der Waals surface area (Å²) in [5, 5.41) is 1.15. The van der Waals surface area contributed by atoms with Crippen molar-refractivity contribution in [3.05, 3.63) is 149 Å². The minimum absolute atomic E-state index is 0.273. The van der Waals surface area contributed by atoms with Crippen LogP contribution in [0.15, 0.2) is 137 Å². The zero-order valence-corrected chi connectivity index (χ0v) is 24.4. The molecule has 0 amide bonds. The van der Waals surface area contributed by atoms with Crippen molar-refractivity contribution in [2.45, 2.75) is 25.2 Å². The van der Waals surface area contributed by atoms with E-state index in [-0.39, 0.29) is 5.92 Å². The quantitative estimate of drug-likeness (QED) is 0.214. The fraction of sp³-hybridized carbons (Fsp3) is 0.146. The molecule has 1 aromatic heterocycles. The van der Waals surface area contributed by atoms with Crippen molar-refractivity contribution in [3.63, 3.8) is 0 Å². The van der Waals surface area contributed by atoms with Crippen molar-refractivity contribution in [2.24, 2.45) is 21.8 Å². The highest BCUT2D eigenvalue weighted by Crippen LogP contribution is 2.49. The molecule has 0 saturated heterocycles. The van der Waals surface area contributed by atoms with Crippen molar-refractivity contribution in [3.8, 4) is 22.3 Å². The summed E-state index contributed by atoms with van der Waals surface area (Å²) in [5.74, 6) is 1.11. The summed E-state index contributed by atoms with van der Waals surface area (Å²) in [6, 6.07) is 33.4. The van der Waals surface area contributed by atoms with Crippen LogP contribution in [-0.4, -0.2) is 16.9 Å². The van der Waals surface area contributed by atoms with Crippen molar-refractivity contribution >= 4 is 34.6 Å². The molecule has 0 radical (unpaired) electrons. The number of hydrogen-bond donors (Lipinski definition) is 0. The van der Waals surface area contributed by atoms with Gasteiger partial charge in [-0.25, -0.2) is 0 Å². The van der Waals surface area contributed by atoms with Gasteiger partial charge >= 0.3 is 0 Å².